The lowest BCUT2D eigenvalue weighted by molar-refractivity contribution is 0.624. The number of anilines is 2. The summed E-state index contributed by atoms with van der Waals surface area (Å²) in [7, 11) is 0. The van der Waals surface area contributed by atoms with Gasteiger partial charge in [-0.25, -0.2) is 14.4 Å². The molecule has 0 amide bonds. The van der Waals surface area contributed by atoms with Gasteiger partial charge in [-0.15, -0.1) is 0 Å². The monoisotopic (exact) mass is 415 g/mol. The third-order valence-corrected chi connectivity index (χ3v) is 4.87. The minimum absolute atomic E-state index is 0.00156. The molecule has 0 aliphatic rings. The molecule has 4 rings (SSSR count). The molecule has 1 atom stereocenters. The zero-order valence-electron chi connectivity index (χ0n) is 16.8. The molecule has 0 bridgehead atoms. The van der Waals surface area contributed by atoms with Crippen molar-refractivity contribution in [3.8, 4) is 11.8 Å². The fraction of sp³-hybridized carbons (Fsp3) is 0.136. The van der Waals surface area contributed by atoms with Crippen LogP contribution in [-0.2, 0) is 0 Å². The molecule has 0 spiro atoms. The quantitative estimate of drug-likeness (QED) is 0.524. The number of benzene rings is 2. The van der Waals surface area contributed by atoms with E-state index in [1.165, 1.54) is 29.0 Å². The average molecular weight is 415 g/mol. The van der Waals surface area contributed by atoms with Crippen molar-refractivity contribution in [1.29, 1.82) is 5.26 Å². The Balaban J connectivity index is 1.95. The Hall–Kier alpha value is -4.32. The minimum atomic E-state index is -0.581. The molecule has 0 radical (unpaired) electrons. The van der Waals surface area contributed by atoms with Gasteiger partial charge >= 0.3 is 0 Å². The van der Waals surface area contributed by atoms with Crippen LogP contribution in [-0.4, -0.2) is 19.5 Å². The van der Waals surface area contributed by atoms with Crippen molar-refractivity contribution in [1.82, 2.24) is 19.5 Å². The Kier molecular flexibility index (Phi) is 5.05. The molecule has 9 heteroatoms. The molecule has 0 aliphatic carbocycles. The van der Waals surface area contributed by atoms with E-state index in [0.29, 0.717) is 22.4 Å². The van der Waals surface area contributed by atoms with E-state index < -0.39 is 11.9 Å². The Labute approximate surface area is 176 Å². The molecule has 8 nitrogen and oxygen atoms in total. The van der Waals surface area contributed by atoms with Gasteiger partial charge in [0.15, 0.2) is 0 Å². The summed E-state index contributed by atoms with van der Waals surface area (Å²) in [6.45, 7) is 3.59. The molecule has 154 valence electrons. The number of nitrogen functional groups attached to an aromatic ring is 1. The molecule has 0 saturated heterocycles. The number of nitrogens with one attached hydrogen (secondary N) is 1. The van der Waals surface area contributed by atoms with E-state index >= 15 is 0 Å². The van der Waals surface area contributed by atoms with Gasteiger partial charge < -0.3 is 11.1 Å². The van der Waals surface area contributed by atoms with E-state index in [0.717, 1.165) is 5.56 Å². The molecule has 2 heterocycles. The highest BCUT2D eigenvalue weighted by Gasteiger charge is 2.20. The first kappa shape index (κ1) is 20.0. The summed E-state index contributed by atoms with van der Waals surface area (Å²) < 4.78 is 15.3. The number of rotatable bonds is 4. The van der Waals surface area contributed by atoms with Crippen LogP contribution in [0.3, 0.4) is 0 Å². The lowest BCUT2D eigenvalue weighted by Gasteiger charge is -2.21. The highest BCUT2D eigenvalue weighted by atomic mass is 19.1. The fourth-order valence-corrected chi connectivity index (χ4v) is 3.43. The first-order valence-corrected chi connectivity index (χ1v) is 9.46. The largest absolute Gasteiger partial charge is 0.368 e. The van der Waals surface area contributed by atoms with Gasteiger partial charge in [-0.3, -0.25) is 9.36 Å². The Bertz CT molecular complexity index is 1410. The molecule has 3 N–H and O–H groups in total. The van der Waals surface area contributed by atoms with Crippen molar-refractivity contribution >= 4 is 22.7 Å². The van der Waals surface area contributed by atoms with Crippen molar-refractivity contribution < 1.29 is 4.39 Å². The summed E-state index contributed by atoms with van der Waals surface area (Å²) in [6, 6.07) is 12.5. The van der Waals surface area contributed by atoms with Crippen molar-refractivity contribution in [3.63, 3.8) is 0 Å². The predicted molar refractivity (Wildman–Crippen MR) is 115 cm³/mol. The van der Waals surface area contributed by atoms with Crippen molar-refractivity contribution in [2.45, 2.75) is 19.9 Å². The van der Waals surface area contributed by atoms with Crippen molar-refractivity contribution in [2.24, 2.45) is 0 Å². The third-order valence-electron chi connectivity index (χ3n) is 4.87. The number of aryl methyl sites for hydroxylation is 1. The zero-order chi connectivity index (χ0) is 22.1. The lowest BCUT2D eigenvalue weighted by Crippen LogP contribution is -2.28. The topological polar surface area (TPSA) is 123 Å². The summed E-state index contributed by atoms with van der Waals surface area (Å²) >= 11 is 0. The van der Waals surface area contributed by atoms with E-state index in [1.54, 1.807) is 19.1 Å². The second-order valence-electron chi connectivity index (χ2n) is 7.03. The highest BCUT2D eigenvalue weighted by Crippen LogP contribution is 2.24. The van der Waals surface area contributed by atoms with Crippen LogP contribution in [0, 0.1) is 24.1 Å². The number of aromatic nitrogens is 4. The second-order valence-corrected chi connectivity index (χ2v) is 7.03. The minimum Gasteiger partial charge on any atom is -0.368 e. The van der Waals surface area contributed by atoms with Gasteiger partial charge in [0.05, 0.1) is 28.8 Å². The van der Waals surface area contributed by atoms with Crippen LogP contribution in [0.2, 0.25) is 0 Å². The van der Waals surface area contributed by atoms with E-state index in [-0.39, 0.29) is 22.9 Å². The van der Waals surface area contributed by atoms with Crippen LogP contribution < -0.4 is 16.6 Å². The standard InChI is InChI=1S/C22H18FN7O/c1-12-5-3-8-17-18(12)21(31)30(16-7-4-6-15(23)9-16)20(28-17)13(2)27-19-14(10-24)11-26-22(25)29-19/h3-9,11,13H,1-2H3,(H3,25,26,27,29)/t13-/m0/s1. The van der Waals surface area contributed by atoms with Gasteiger partial charge in [-0.2, -0.15) is 10.2 Å². The van der Waals surface area contributed by atoms with Crippen LogP contribution >= 0.6 is 0 Å². The first-order valence-electron chi connectivity index (χ1n) is 9.46. The van der Waals surface area contributed by atoms with Gasteiger partial charge in [-0.1, -0.05) is 18.2 Å². The van der Waals surface area contributed by atoms with Gasteiger partial charge in [0.1, 0.15) is 29.1 Å². The van der Waals surface area contributed by atoms with Crippen LogP contribution in [0.15, 0.2) is 53.5 Å². The maximum atomic E-state index is 14.0. The lowest BCUT2D eigenvalue weighted by atomic mass is 10.1. The third kappa shape index (κ3) is 3.67. The molecule has 4 aromatic rings. The van der Waals surface area contributed by atoms with E-state index in [2.05, 4.69) is 15.3 Å². The van der Waals surface area contributed by atoms with Crippen molar-refractivity contribution in [2.75, 3.05) is 11.1 Å². The highest BCUT2D eigenvalue weighted by molar-refractivity contribution is 5.81. The van der Waals surface area contributed by atoms with Gasteiger partial charge in [0.25, 0.3) is 5.56 Å². The molecular formula is C22H18FN7O. The maximum Gasteiger partial charge on any atom is 0.266 e. The Morgan fingerprint density at radius 1 is 1.23 bits per heavy atom. The number of nitrogens with zero attached hydrogens (tertiary/aromatic N) is 5. The van der Waals surface area contributed by atoms with Crippen molar-refractivity contribution in [3.05, 3.63) is 81.8 Å². The van der Waals surface area contributed by atoms with Crippen LogP contribution in [0.1, 0.15) is 29.9 Å². The summed E-state index contributed by atoms with van der Waals surface area (Å²) in [4.78, 5) is 26.1. The van der Waals surface area contributed by atoms with E-state index in [1.807, 2.05) is 25.1 Å². The van der Waals surface area contributed by atoms with Gasteiger partial charge in [-0.05, 0) is 43.7 Å². The average Bonchev–Trinajstić information content (AvgIpc) is 2.73. The second kappa shape index (κ2) is 7.84. The molecule has 0 saturated carbocycles. The maximum absolute atomic E-state index is 14.0. The number of halogens is 1. The number of fused-ring (bicyclic) bond motifs is 1. The SMILES string of the molecule is Cc1cccc2nc([C@H](C)Nc3nc(N)ncc3C#N)n(-c3cccc(F)c3)c(=O)c12. The number of hydrogen-bond acceptors (Lipinski definition) is 7. The van der Waals surface area contributed by atoms with E-state index in [9.17, 15) is 14.4 Å². The Morgan fingerprint density at radius 2 is 2.00 bits per heavy atom. The summed E-state index contributed by atoms with van der Waals surface area (Å²) in [5.41, 5.74) is 7.16. The van der Waals surface area contributed by atoms with Gasteiger partial charge in [0, 0.05) is 0 Å². The molecule has 2 aromatic carbocycles. The first-order chi connectivity index (χ1) is 14.9. The predicted octanol–water partition coefficient (Wildman–Crippen LogP) is 3.25. The summed E-state index contributed by atoms with van der Waals surface area (Å²) in [5.74, 6) is 0.0659. The number of nitriles is 1. The molecule has 0 fully saturated rings. The van der Waals surface area contributed by atoms with Crippen LogP contribution in [0.25, 0.3) is 16.6 Å². The normalized spacial score (nSPS) is 11.8. The van der Waals surface area contributed by atoms with Crippen LogP contribution in [0.5, 0.6) is 0 Å². The fourth-order valence-electron chi connectivity index (χ4n) is 3.43. The van der Waals surface area contributed by atoms with E-state index in [4.69, 9.17) is 10.7 Å². The Morgan fingerprint density at radius 3 is 2.74 bits per heavy atom. The van der Waals surface area contributed by atoms with Crippen LogP contribution in [0.4, 0.5) is 16.2 Å². The summed E-state index contributed by atoms with van der Waals surface area (Å²) in [6.07, 6.45) is 1.31. The molecular weight excluding hydrogens is 397 g/mol. The molecule has 0 aliphatic heterocycles. The number of nitrogens with two attached hydrogens (primary N) is 1. The smallest absolute Gasteiger partial charge is 0.266 e. The summed E-state index contributed by atoms with van der Waals surface area (Å²) in [5, 5.41) is 12.9. The zero-order valence-corrected chi connectivity index (χ0v) is 16.8. The molecule has 2 aromatic heterocycles. The van der Waals surface area contributed by atoms with Gasteiger partial charge in [0.2, 0.25) is 5.95 Å². The molecule has 31 heavy (non-hydrogen) atoms. The number of hydrogen-bond donors (Lipinski definition) is 2. The molecule has 0 unspecified atom stereocenters.